The first-order valence-electron chi connectivity index (χ1n) is 5.85. The van der Waals surface area contributed by atoms with E-state index in [2.05, 4.69) is 21.2 Å². The van der Waals surface area contributed by atoms with Gasteiger partial charge in [-0.15, -0.1) is 0 Å². The van der Waals surface area contributed by atoms with Gasteiger partial charge in [-0.1, -0.05) is 17.7 Å². The molecule has 0 aliphatic rings. The monoisotopic (exact) mass is 328 g/mol. The maximum Gasteiger partial charge on any atom is 0.284 e. The van der Waals surface area contributed by atoms with Gasteiger partial charge in [0.25, 0.3) is 5.69 Å². The van der Waals surface area contributed by atoms with E-state index < -0.39 is 4.92 Å². The van der Waals surface area contributed by atoms with Crippen LogP contribution in [0, 0.1) is 10.1 Å². The summed E-state index contributed by atoms with van der Waals surface area (Å²) in [5.74, 6) is 0. The lowest BCUT2D eigenvalue weighted by atomic mass is 10.1. The first-order chi connectivity index (χ1) is 9.04. The van der Waals surface area contributed by atoms with Gasteiger partial charge in [0.05, 0.1) is 16.0 Å². The minimum Gasteiger partial charge on any atom is -0.383 e. The minimum absolute atomic E-state index is 0.0777. The Bertz CT molecular complexity index is 475. The van der Waals surface area contributed by atoms with Crippen LogP contribution in [0.15, 0.2) is 28.2 Å². The maximum atomic E-state index is 10.8. The number of nitrogens with one attached hydrogen (secondary N) is 1. The molecule has 0 amide bonds. The number of ether oxygens (including phenoxy) is 1. The van der Waals surface area contributed by atoms with Gasteiger partial charge in [-0.05, 0) is 34.5 Å². The molecule has 19 heavy (non-hydrogen) atoms. The highest BCUT2D eigenvalue weighted by molar-refractivity contribution is 9.10. The van der Waals surface area contributed by atoms with Gasteiger partial charge in [0.2, 0.25) is 0 Å². The number of nitro benzene ring substituents is 1. The van der Waals surface area contributed by atoms with E-state index in [4.69, 9.17) is 4.74 Å². The molecule has 1 aromatic rings. The minimum atomic E-state index is -0.395. The zero-order chi connectivity index (χ0) is 14.3. The second-order valence-corrected chi connectivity index (χ2v) is 4.98. The molecule has 0 aromatic heterocycles. The van der Waals surface area contributed by atoms with Gasteiger partial charge >= 0.3 is 0 Å². The van der Waals surface area contributed by atoms with Crippen molar-refractivity contribution < 1.29 is 9.66 Å². The number of nitro groups is 1. The summed E-state index contributed by atoms with van der Waals surface area (Å²) in [6.45, 7) is 4.15. The molecule has 0 unspecified atom stereocenters. The van der Waals surface area contributed by atoms with Crippen LogP contribution in [0.1, 0.15) is 12.5 Å². The average molecular weight is 329 g/mol. The molecule has 0 spiro atoms. The van der Waals surface area contributed by atoms with Crippen molar-refractivity contribution in [1.29, 1.82) is 0 Å². The number of hydrogen-bond acceptors (Lipinski definition) is 4. The fourth-order valence-electron chi connectivity index (χ4n) is 1.55. The van der Waals surface area contributed by atoms with Crippen LogP contribution in [0.5, 0.6) is 0 Å². The fourth-order valence-corrected chi connectivity index (χ4v) is 1.95. The molecular weight excluding hydrogens is 312 g/mol. The van der Waals surface area contributed by atoms with Crippen LogP contribution in [-0.2, 0) is 4.74 Å². The van der Waals surface area contributed by atoms with Gasteiger partial charge in [0, 0.05) is 26.3 Å². The first-order valence-corrected chi connectivity index (χ1v) is 6.64. The van der Waals surface area contributed by atoms with Crippen molar-refractivity contribution in [1.82, 2.24) is 5.32 Å². The summed E-state index contributed by atoms with van der Waals surface area (Å²) in [6.07, 6.45) is 1.93. The van der Waals surface area contributed by atoms with Crippen LogP contribution in [-0.4, -0.2) is 31.7 Å². The standard InChI is InChI=1S/C13H17BrN2O3/c1-10(9-15-5-6-19-2)7-11-3-4-12(14)13(8-11)16(17)18/h3-4,7-8,15H,5-6,9H2,1-2H3. The number of rotatable bonds is 7. The molecule has 0 fully saturated rings. The molecule has 1 aromatic carbocycles. The molecule has 0 atom stereocenters. The van der Waals surface area contributed by atoms with Crippen molar-refractivity contribution in [3.05, 3.63) is 43.9 Å². The van der Waals surface area contributed by atoms with E-state index in [1.54, 1.807) is 19.2 Å². The molecule has 104 valence electrons. The third-order valence-corrected chi connectivity index (χ3v) is 3.14. The largest absolute Gasteiger partial charge is 0.383 e. The Morgan fingerprint density at radius 1 is 1.58 bits per heavy atom. The van der Waals surface area contributed by atoms with Crippen molar-refractivity contribution >= 4 is 27.7 Å². The third kappa shape index (κ3) is 5.50. The highest BCUT2D eigenvalue weighted by Gasteiger charge is 2.11. The molecule has 0 aliphatic heterocycles. The SMILES string of the molecule is COCCNCC(C)=Cc1ccc(Br)c([N+](=O)[O-])c1. The van der Waals surface area contributed by atoms with Gasteiger partial charge in [-0.25, -0.2) is 0 Å². The summed E-state index contributed by atoms with van der Waals surface area (Å²) in [4.78, 5) is 10.4. The van der Waals surface area contributed by atoms with Crippen LogP contribution in [0.4, 0.5) is 5.69 Å². The lowest BCUT2D eigenvalue weighted by Gasteiger charge is -2.05. The number of methoxy groups -OCH3 is 1. The van der Waals surface area contributed by atoms with Crippen molar-refractivity contribution in [2.45, 2.75) is 6.92 Å². The number of benzene rings is 1. The Kier molecular flexibility index (Phi) is 6.69. The lowest BCUT2D eigenvalue weighted by Crippen LogP contribution is -2.20. The van der Waals surface area contributed by atoms with Crippen molar-refractivity contribution in [2.75, 3.05) is 26.8 Å². The molecule has 0 saturated heterocycles. The predicted molar refractivity (Wildman–Crippen MR) is 79.2 cm³/mol. The van der Waals surface area contributed by atoms with Gasteiger partial charge in [0.15, 0.2) is 0 Å². The summed E-state index contributed by atoms with van der Waals surface area (Å²) < 4.78 is 5.43. The van der Waals surface area contributed by atoms with E-state index in [0.717, 1.165) is 24.2 Å². The van der Waals surface area contributed by atoms with Gasteiger partial charge < -0.3 is 10.1 Å². The molecule has 0 saturated carbocycles. The Morgan fingerprint density at radius 3 is 2.95 bits per heavy atom. The van der Waals surface area contributed by atoms with Crippen molar-refractivity contribution in [3.63, 3.8) is 0 Å². The predicted octanol–water partition coefficient (Wildman–Crippen LogP) is 3.00. The summed E-state index contributed by atoms with van der Waals surface area (Å²) in [5, 5.41) is 14.1. The van der Waals surface area contributed by atoms with Crippen molar-refractivity contribution in [2.24, 2.45) is 0 Å². The Balaban J connectivity index is 2.70. The Hall–Kier alpha value is -1.24. The zero-order valence-electron chi connectivity index (χ0n) is 11.0. The molecule has 5 nitrogen and oxygen atoms in total. The smallest absolute Gasteiger partial charge is 0.284 e. The van der Waals surface area contributed by atoms with E-state index in [-0.39, 0.29) is 5.69 Å². The third-order valence-electron chi connectivity index (χ3n) is 2.47. The average Bonchev–Trinajstić information content (AvgIpc) is 2.36. The molecule has 0 radical (unpaired) electrons. The number of hydrogen-bond donors (Lipinski definition) is 1. The van der Waals surface area contributed by atoms with E-state index in [1.807, 2.05) is 19.1 Å². The topological polar surface area (TPSA) is 64.4 Å². The normalized spacial score (nSPS) is 11.6. The first kappa shape index (κ1) is 15.8. The summed E-state index contributed by atoms with van der Waals surface area (Å²) in [6, 6.07) is 5.09. The molecular formula is C13H17BrN2O3. The van der Waals surface area contributed by atoms with E-state index >= 15 is 0 Å². The lowest BCUT2D eigenvalue weighted by molar-refractivity contribution is -0.385. The van der Waals surface area contributed by atoms with Crippen LogP contribution >= 0.6 is 15.9 Å². The molecule has 0 bridgehead atoms. The summed E-state index contributed by atoms with van der Waals surface area (Å²) in [7, 11) is 1.66. The highest BCUT2D eigenvalue weighted by Crippen LogP contribution is 2.26. The van der Waals surface area contributed by atoms with Crippen LogP contribution < -0.4 is 5.32 Å². The Labute approximate surface area is 120 Å². The van der Waals surface area contributed by atoms with Crippen LogP contribution in [0.25, 0.3) is 6.08 Å². The van der Waals surface area contributed by atoms with Gasteiger partial charge in [-0.3, -0.25) is 10.1 Å². The highest BCUT2D eigenvalue weighted by atomic mass is 79.9. The summed E-state index contributed by atoms with van der Waals surface area (Å²) >= 11 is 3.17. The molecule has 1 N–H and O–H groups in total. The molecule has 6 heteroatoms. The summed E-state index contributed by atoms with van der Waals surface area (Å²) in [5.41, 5.74) is 2.00. The Morgan fingerprint density at radius 2 is 2.32 bits per heavy atom. The van der Waals surface area contributed by atoms with Gasteiger partial charge in [-0.2, -0.15) is 0 Å². The number of halogens is 1. The zero-order valence-corrected chi connectivity index (χ0v) is 12.6. The maximum absolute atomic E-state index is 10.8. The van der Waals surface area contributed by atoms with E-state index in [9.17, 15) is 10.1 Å². The van der Waals surface area contributed by atoms with Crippen LogP contribution in [0.2, 0.25) is 0 Å². The molecule has 0 aliphatic carbocycles. The van der Waals surface area contributed by atoms with Crippen molar-refractivity contribution in [3.8, 4) is 0 Å². The van der Waals surface area contributed by atoms with Crippen LogP contribution in [0.3, 0.4) is 0 Å². The van der Waals surface area contributed by atoms with E-state index in [0.29, 0.717) is 11.1 Å². The molecule has 1 rings (SSSR count). The second-order valence-electron chi connectivity index (χ2n) is 4.13. The van der Waals surface area contributed by atoms with Gasteiger partial charge in [0.1, 0.15) is 0 Å². The quantitative estimate of drug-likeness (QED) is 0.474. The fraction of sp³-hybridized carbons (Fsp3) is 0.385. The van der Waals surface area contributed by atoms with E-state index in [1.165, 1.54) is 0 Å². The molecule has 0 heterocycles. The number of nitrogens with zero attached hydrogens (tertiary/aromatic N) is 1. The second kappa shape index (κ2) is 8.04.